The Morgan fingerprint density at radius 1 is 1.31 bits per heavy atom. The van der Waals surface area contributed by atoms with Crippen LogP contribution in [0.2, 0.25) is 0 Å². The van der Waals surface area contributed by atoms with Crippen molar-refractivity contribution in [1.82, 2.24) is 20.6 Å². The summed E-state index contributed by atoms with van der Waals surface area (Å²) in [5, 5.41) is 4.46. The van der Waals surface area contributed by atoms with Crippen LogP contribution < -0.4 is 15.4 Å². The van der Waals surface area contributed by atoms with E-state index >= 15 is 0 Å². The maximum atomic E-state index is 13.8. The number of amides is 3. The van der Waals surface area contributed by atoms with Gasteiger partial charge < -0.3 is 14.8 Å². The highest BCUT2D eigenvalue weighted by Gasteiger charge is 2.19. The van der Waals surface area contributed by atoms with Gasteiger partial charge in [-0.05, 0) is 12.1 Å². The van der Waals surface area contributed by atoms with E-state index in [1.165, 1.54) is 20.2 Å². The highest BCUT2D eigenvalue weighted by Crippen LogP contribution is 2.30. The second-order valence-corrected chi connectivity index (χ2v) is 4.88. The summed E-state index contributed by atoms with van der Waals surface area (Å²) >= 11 is 0. The minimum absolute atomic E-state index is 0.118. The number of para-hydroxylation sites is 1. The van der Waals surface area contributed by atoms with Crippen molar-refractivity contribution in [3.8, 4) is 11.6 Å². The van der Waals surface area contributed by atoms with E-state index in [4.69, 9.17) is 9.47 Å². The van der Waals surface area contributed by atoms with Crippen LogP contribution in [0.15, 0.2) is 42.9 Å². The standard InChI is InChI=1S/C17H17FN4O4/c1-19-17(24)22-15(23)12(7-8-25-2)11-5-3-4-6-14(11)26-16-13(18)9-20-10-21-16/h3-7,9-10H,8H2,1-2H3,(H2,19,22,23,24)/b12-7+. The summed E-state index contributed by atoms with van der Waals surface area (Å²) in [4.78, 5) is 31.2. The molecule has 8 nitrogen and oxygen atoms in total. The van der Waals surface area contributed by atoms with Gasteiger partial charge in [0.25, 0.3) is 11.8 Å². The van der Waals surface area contributed by atoms with E-state index in [0.717, 1.165) is 12.5 Å². The van der Waals surface area contributed by atoms with Crippen LogP contribution in [0.25, 0.3) is 5.57 Å². The van der Waals surface area contributed by atoms with Crippen molar-refractivity contribution in [2.75, 3.05) is 20.8 Å². The van der Waals surface area contributed by atoms with Crippen LogP contribution in [-0.4, -0.2) is 42.7 Å². The van der Waals surface area contributed by atoms with Crippen molar-refractivity contribution in [1.29, 1.82) is 0 Å². The summed E-state index contributed by atoms with van der Waals surface area (Å²) in [6, 6.07) is 5.80. The number of nitrogens with zero attached hydrogens (tertiary/aromatic N) is 2. The van der Waals surface area contributed by atoms with Gasteiger partial charge in [0.1, 0.15) is 12.1 Å². The first-order valence-corrected chi connectivity index (χ1v) is 7.51. The van der Waals surface area contributed by atoms with Gasteiger partial charge in [0.05, 0.1) is 12.8 Å². The van der Waals surface area contributed by atoms with Crippen LogP contribution in [0.5, 0.6) is 11.6 Å². The monoisotopic (exact) mass is 360 g/mol. The molecule has 2 N–H and O–H groups in total. The van der Waals surface area contributed by atoms with Crippen molar-refractivity contribution in [3.05, 3.63) is 54.2 Å². The number of hydrogen-bond donors (Lipinski definition) is 2. The number of nitrogens with one attached hydrogen (secondary N) is 2. The average molecular weight is 360 g/mol. The lowest BCUT2D eigenvalue weighted by Crippen LogP contribution is -2.37. The molecule has 0 unspecified atom stereocenters. The Balaban J connectivity index is 2.41. The molecule has 2 aromatic rings. The summed E-state index contributed by atoms with van der Waals surface area (Å²) in [6.45, 7) is 0.118. The first-order valence-electron chi connectivity index (χ1n) is 7.51. The Hall–Kier alpha value is -3.33. The molecule has 0 fully saturated rings. The number of carbonyl (C=O) groups is 2. The Morgan fingerprint density at radius 2 is 2.08 bits per heavy atom. The molecule has 0 aliphatic carbocycles. The van der Waals surface area contributed by atoms with Crippen LogP contribution in [0.1, 0.15) is 5.56 Å². The summed E-state index contributed by atoms with van der Waals surface area (Å²) < 4.78 is 24.2. The van der Waals surface area contributed by atoms with Crippen molar-refractivity contribution in [2.24, 2.45) is 0 Å². The average Bonchev–Trinajstić information content (AvgIpc) is 2.65. The SMILES string of the molecule is CNC(=O)NC(=O)/C(=C/COC)c1ccccc1Oc1ncncc1F. The molecule has 0 radical (unpaired) electrons. The molecule has 0 saturated carbocycles. The van der Waals surface area contributed by atoms with Crippen molar-refractivity contribution in [3.63, 3.8) is 0 Å². The van der Waals surface area contributed by atoms with E-state index in [9.17, 15) is 14.0 Å². The number of urea groups is 1. The molecule has 1 heterocycles. The largest absolute Gasteiger partial charge is 0.436 e. The fraction of sp³-hybridized carbons (Fsp3) is 0.176. The normalized spacial score (nSPS) is 11.0. The van der Waals surface area contributed by atoms with Crippen LogP contribution in [0.4, 0.5) is 9.18 Å². The van der Waals surface area contributed by atoms with E-state index in [2.05, 4.69) is 20.6 Å². The van der Waals surface area contributed by atoms with E-state index in [1.807, 2.05) is 0 Å². The minimum atomic E-state index is -0.750. The fourth-order valence-electron chi connectivity index (χ4n) is 1.98. The maximum Gasteiger partial charge on any atom is 0.321 e. The Kier molecular flexibility index (Phi) is 6.75. The Bertz CT molecular complexity index is 826. The molecular weight excluding hydrogens is 343 g/mol. The van der Waals surface area contributed by atoms with Gasteiger partial charge in [0, 0.05) is 25.3 Å². The van der Waals surface area contributed by atoms with Gasteiger partial charge in [-0.3, -0.25) is 10.1 Å². The number of halogens is 1. The number of imide groups is 1. The van der Waals surface area contributed by atoms with E-state index in [1.54, 1.807) is 24.3 Å². The van der Waals surface area contributed by atoms with Gasteiger partial charge in [0.15, 0.2) is 0 Å². The molecule has 0 bridgehead atoms. The zero-order chi connectivity index (χ0) is 18.9. The fourth-order valence-corrected chi connectivity index (χ4v) is 1.98. The van der Waals surface area contributed by atoms with Gasteiger partial charge in [-0.1, -0.05) is 18.2 Å². The van der Waals surface area contributed by atoms with Gasteiger partial charge in [-0.15, -0.1) is 0 Å². The van der Waals surface area contributed by atoms with Crippen molar-refractivity contribution < 1.29 is 23.5 Å². The van der Waals surface area contributed by atoms with Crippen LogP contribution in [-0.2, 0) is 9.53 Å². The first kappa shape index (κ1) is 19.0. The van der Waals surface area contributed by atoms with Crippen LogP contribution in [0, 0.1) is 5.82 Å². The molecule has 0 atom stereocenters. The lowest BCUT2D eigenvalue weighted by atomic mass is 10.0. The Morgan fingerprint density at radius 3 is 2.77 bits per heavy atom. The number of hydrogen-bond acceptors (Lipinski definition) is 6. The number of rotatable bonds is 6. The number of ether oxygens (including phenoxy) is 2. The topological polar surface area (TPSA) is 102 Å². The highest BCUT2D eigenvalue weighted by atomic mass is 19.1. The molecule has 0 aliphatic rings. The second-order valence-electron chi connectivity index (χ2n) is 4.88. The molecule has 9 heteroatoms. The summed E-state index contributed by atoms with van der Waals surface area (Å²) in [5.74, 6) is -1.52. The lowest BCUT2D eigenvalue weighted by Gasteiger charge is -2.13. The summed E-state index contributed by atoms with van der Waals surface area (Å²) in [6.07, 6.45) is 3.59. The summed E-state index contributed by atoms with van der Waals surface area (Å²) in [7, 11) is 2.85. The van der Waals surface area contributed by atoms with Gasteiger partial charge >= 0.3 is 6.03 Å². The first-order chi connectivity index (χ1) is 12.6. The molecule has 2 rings (SSSR count). The molecular formula is C17H17FN4O4. The van der Waals surface area contributed by atoms with Crippen LogP contribution in [0.3, 0.4) is 0 Å². The molecule has 0 saturated heterocycles. The molecule has 26 heavy (non-hydrogen) atoms. The second kappa shape index (κ2) is 9.23. The summed E-state index contributed by atoms with van der Waals surface area (Å²) in [5.41, 5.74) is 0.462. The number of aromatic nitrogens is 2. The lowest BCUT2D eigenvalue weighted by molar-refractivity contribution is -0.114. The molecule has 1 aromatic heterocycles. The number of methoxy groups -OCH3 is 1. The predicted octanol–water partition coefficient (Wildman–Crippen LogP) is 1.89. The third-order valence-corrected chi connectivity index (χ3v) is 3.17. The Labute approximate surface area is 149 Å². The van der Waals surface area contributed by atoms with Gasteiger partial charge in [-0.2, -0.15) is 9.37 Å². The molecule has 0 aliphatic heterocycles. The zero-order valence-electron chi connectivity index (χ0n) is 14.2. The van der Waals surface area contributed by atoms with Crippen LogP contribution >= 0.6 is 0 Å². The molecule has 1 aromatic carbocycles. The molecule has 3 amide bonds. The van der Waals surface area contributed by atoms with E-state index in [0.29, 0.717) is 5.56 Å². The van der Waals surface area contributed by atoms with E-state index in [-0.39, 0.29) is 23.8 Å². The highest BCUT2D eigenvalue weighted by molar-refractivity contribution is 6.24. The third-order valence-electron chi connectivity index (χ3n) is 3.17. The van der Waals surface area contributed by atoms with Gasteiger partial charge in [-0.25, -0.2) is 9.78 Å². The van der Waals surface area contributed by atoms with Crippen molar-refractivity contribution in [2.45, 2.75) is 0 Å². The molecule has 0 spiro atoms. The van der Waals surface area contributed by atoms with E-state index < -0.39 is 17.8 Å². The maximum absolute atomic E-state index is 13.8. The quantitative estimate of drug-likeness (QED) is 0.763. The number of benzene rings is 1. The zero-order valence-corrected chi connectivity index (χ0v) is 14.2. The van der Waals surface area contributed by atoms with Gasteiger partial charge in [0.2, 0.25) is 5.82 Å². The van der Waals surface area contributed by atoms with Crippen molar-refractivity contribution >= 4 is 17.5 Å². The minimum Gasteiger partial charge on any atom is -0.436 e. The smallest absolute Gasteiger partial charge is 0.321 e. The molecule has 136 valence electrons. The third kappa shape index (κ3) is 4.84. The predicted molar refractivity (Wildman–Crippen MR) is 91.0 cm³/mol. The number of carbonyl (C=O) groups excluding carboxylic acids is 2.